The number of hydrogen-bond acceptors (Lipinski definition) is 4. The lowest BCUT2D eigenvalue weighted by molar-refractivity contribution is -0.127. The molecule has 1 saturated heterocycles. The van der Waals surface area contributed by atoms with Crippen LogP contribution in [0.25, 0.3) is 0 Å². The number of nitrogens with zero attached hydrogens (tertiary/aromatic N) is 3. The zero-order chi connectivity index (χ0) is 21.0. The van der Waals surface area contributed by atoms with Crippen LogP contribution < -0.4 is 10.6 Å². The third-order valence-corrected chi connectivity index (χ3v) is 7.98. The summed E-state index contributed by atoms with van der Waals surface area (Å²) in [6, 6.07) is 0.509. The summed E-state index contributed by atoms with van der Waals surface area (Å²) in [5.74, 6) is 2.54. The molecular formula is C23H42IN5O2. The Morgan fingerprint density at radius 1 is 1.13 bits per heavy atom. The molecule has 3 saturated carbocycles. The maximum atomic E-state index is 12.2. The predicted molar refractivity (Wildman–Crippen MR) is 135 cm³/mol. The van der Waals surface area contributed by atoms with Crippen molar-refractivity contribution in [3.8, 4) is 0 Å². The van der Waals surface area contributed by atoms with Gasteiger partial charge in [0.05, 0.1) is 13.2 Å². The van der Waals surface area contributed by atoms with Gasteiger partial charge in [0.1, 0.15) is 6.54 Å². The Morgan fingerprint density at radius 2 is 1.87 bits per heavy atom. The highest BCUT2D eigenvalue weighted by molar-refractivity contribution is 14.0. The number of amides is 1. The van der Waals surface area contributed by atoms with E-state index in [2.05, 4.69) is 15.5 Å². The largest absolute Gasteiger partial charge is 0.379 e. The van der Waals surface area contributed by atoms with Crippen LogP contribution >= 0.6 is 24.0 Å². The Morgan fingerprint density at radius 3 is 2.48 bits per heavy atom. The molecule has 3 aliphatic carbocycles. The topological polar surface area (TPSA) is 69.2 Å². The minimum Gasteiger partial charge on any atom is -0.379 e. The Kier molecular flexibility index (Phi) is 9.28. The normalized spacial score (nSPS) is 30.5. The summed E-state index contributed by atoms with van der Waals surface area (Å²) in [5, 5.41) is 7.42. The van der Waals surface area contributed by atoms with Crippen molar-refractivity contribution in [3.63, 3.8) is 0 Å². The van der Waals surface area contributed by atoms with Gasteiger partial charge in [-0.25, -0.2) is 4.99 Å². The predicted octanol–water partition coefficient (Wildman–Crippen LogP) is 2.45. The minimum absolute atomic E-state index is 0. The van der Waals surface area contributed by atoms with Gasteiger partial charge < -0.3 is 20.3 Å². The number of halogens is 1. The number of ether oxygens (including phenoxy) is 1. The van der Waals surface area contributed by atoms with Crippen LogP contribution in [0.4, 0.5) is 0 Å². The van der Waals surface area contributed by atoms with E-state index >= 15 is 0 Å². The van der Waals surface area contributed by atoms with E-state index in [4.69, 9.17) is 9.73 Å². The first-order valence-electron chi connectivity index (χ1n) is 12.1. The van der Waals surface area contributed by atoms with Crippen molar-refractivity contribution >= 4 is 35.8 Å². The molecule has 4 rings (SSSR count). The van der Waals surface area contributed by atoms with Gasteiger partial charge in [-0.3, -0.25) is 9.69 Å². The van der Waals surface area contributed by atoms with Crippen molar-refractivity contribution in [2.24, 2.45) is 16.8 Å². The highest BCUT2D eigenvalue weighted by Crippen LogP contribution is 2.44. The highest BCUT2D eigenvalue weighted by atomic mass is 127. The van der Waals surface area contributed by atoms with Crippen molar-refractivity contribution in [1.82, 2.24) is 20.4 Å². The number of aliphatic imine (C=N–C) groups is 1. The van der Waals surface area contributed by atoms with Crippen molar-refractivity contribution in [1.29, 1.82) is 0 Å². The summed E-state index contributed by atoms with van der Waals surface area (Å²) in [6.07, 6.45) is 11.7. The van der Waals surface area contributed by atoms with Gasteiger partial charge in [-0.15, -0.1) is 24.0 Å². The van der Waals surface area contributed by atoms with E-state index in [1.54, 1.807) is 19.0 Å². The van der Waals surface area contributed by atoms with Crippen LogP contribution in [-0.2, 0) is 9.53 Å². The van der Waals surface area contributed by atoms with Gasteiger partial charge in [0.25, 0.3) is 0 Å². The van der Waals surface area contributed by atoms with E-state index in [9.17, 15) is 4.79 Å². The van der Waals surface area contributed by atoms with E-state index < -0.39 is 0 Å². The molecular weight excluding hydrogens is 505 g/mol. The van der Waals surface area contributed by atoms with Crippen LogP contribution in [0, 0.1) is 11.8 Å². The Bertz CT molecular complexity index is 617. The molecule has 1 aliphatic heterocycles. The molecule has 2 N–H and O–H groups in total. The highest BCUT2D eigenvalue weighted by Gasteiger charge is 2.41. The summed E-state index contributed by atoms with van der Waals surface area (Å²) in [5.41, 5.74) is 0.185. The molecule has 0 aromatic carbocycles. The maximum Gasteiger partial charge on any atom is 0.243 e. The van der Waals surface area contributed by atoms with Gasteiger partial charge in [0.2, 0.25) is 5.91 Å². The fourth-order valence-corrected chi connectivity index (χ4v) is 6.14. The number of likely N-dealkylation sites (N-methyl/N-ethyl adjacent to an activating group) is 1. The second kappa shape index (κ2) is 11.5. The number of carbonyl (C=O) groups excluding carboxylic acids is 1. The standard InChI is InChI=1S/C23H41N5O2.HI/c1-27(2)21(29)16-24-22(26-20-15-18-6-7-19(20)14-18)25-17-23(8-4-3-5-9-23)28-10-12-30-13-11-28;/h18-20H,3-17H2,1-2H3,(H2,24,25,26);1H. The SMILES string of the molecule is CN(C)C(=O)CN=C(NCC1(N2CCOCC2)CCCCC1)NC1CC2CCC1C2.I. The molecule has 0 spiro atoms. The lowest BCUT2D eigenvalue weighted by Gasteiger charge is -2.48. The van der Waals surface area contributed by atoms with E-state index in [1.165, 1.54) is 57.8 Å². The zero-order valence-corrected chi connectivity index (χ0v) is 21.7. The molecule has 0 radical (unpaired) electrons. The lowest BCUT2D eigenvalue weighted by atomic mass is 9.79. The summed E-state index contributed by atoms with van der Waals surface area (Å²) < 4.78 is 5.63. The van der Waals surface area contributed by atoms with Crippen LogP contribution in [-0.4, -0.2) is 86.7 Å². The molecule has 7 nitrogen and oxygen atoms in total. The minimum atomic E-state index is 0. The van der Waals surface area contributed by atoms with Gasteiger partial charge in [-0.1, -0.05) is 25.7 Å². The van der Waals surface area contributed by atoms with Crippen LogP contribution in [0.5, 0.6) is 0 Å². The number of nitrogens with one attached hydrogen (secondary N) is 2. The molecule has 31 heavy (non-hydrogen) atoms. The van der Waals surface area contributed by atoms with Gasteiger partial charge >= 0.3 is 0 Å². The first-order valence-corrected chi connectivity index (χ1v) is 12.1. The molecule has 8 heteroatoms. The number of fused-ring (bicyclic) bond motifs is 2. The second-order valence-corrected chi connectivity index (χ2v) is 10.1. The van der Waals surface area contributed by atoms with Crippen molar-refractivity contribution in [2.75, 3.05) is 53.5 Å². The molecule has 3 unspecified atom stereocenters. The third-order valence-electron chi connectivity index (χ3n) is 7.98. The van der Waals surface area contributed by atoms with Gasteiger partial charge in [-0.05, 0) is 43.9 Å². The van der Waals surface area contributed by atoms with Crippen LogP contribution in [0.3, 0.4) is 0 Å². The van der Waals surface area contributed by atoms with E-state index in [-0.39, 0.29) is 42.0 Å². The smallest absolute Gasteiger partial charge is 0.243 e. The van der Waals surface area contributed by atoms with E-state index in [0.717, 1.165) is 50.6 Å². The van der Waals surface area contributed by atoms with Crippen LogP contribution in [0.2, 0.25) is 0 Å². The Hall–Kier alpha value is -0.610. The molecule has 1 amide bonds. The summed E-state index contributed by atoms with van der Waals surface area (Å²) >= 11 is 0. The Balaban J connectivity index is 0.00000272. The van der Waals surface area contributed by atoms with E-state index in [1.807, 2.05) is 0 Å². The van der Waals surface area contributed by atoms with Crippen LogP contribution in [0.1, 0.15) is 57.8 Å². The Labute approximate surface area is 205 Å². The van der Waals surface area contributed by atoms with Crippen molar-refractivity contribution in [3.05, 3.63) is 0 Å². The fraction of sp³-hybridized carbons (Fsp3) is 0.913. The summed E-state index contributed by atoms with van der Waals surface area (Å²) in [7, 11) is 3.59. The average Bonchev–Trinajstić information content (AvgIpc) is 3.40. The molecule has 1 heterocycles. The third kappa shape index (κ3) is 6.25. The number of rotatable bonds is 6. The van der Waals surface area contributed by atoms with Gasteiger partial charge in [-0.2, -0.15) is 0 Å². The molecule has 3 atom stereocenters. The van der Waals surface area contributed by atoms with Crippen molar-refractivity contribution < 1.29 is 9.53 Å². The summed E-state index contributed by atoms with van der Waals surface area (Å²) in [6.45, 7) is 4.82. The first-order chi connectivity index (χ1) is 14.6. The summed E-state index contributed by atoms with van der Waals surface area (Å²) in [4.78, 5) is 21.2. The molecule has 2 bridgehead atoms. The second-order valence-electron chi connectivity index (χ2n) is 10.1. The van der Waals surface area contributed by atoms with E-state index in [0.29, 0.717) is 6.04 Å². The zero-order valence-electron chi connectivity index (χ0n) is 19.4. The van der Waals surface area contributed by atoms with Crippen molar-refractivity contribution in [2.45, 2.75) is 69.4 Å². The van der Waals surface area contributed by atoms with Gasteiger partial charge in [0, 0.05) is 45.3 Å². The molecule has 0 aromatic heterocycles. The number of morpholine rings is 1. The number of hydrogen-bond donors (Lipinski definition) is 2. The van der Waals surface area contributed by atoms with Crippen LogP contribution in [0.15, 0.2) is 4.99 Å². The maximum absolute atomic E-state index is 12.2. The quantitative estimate of drug-likeness (QED) is 0.304. The fourth-order valence-electron chi connectivity index (χ4n) is 6.14. The van der Waals surface area contributed by atoms with Gasteiger partial charge in [0.15, 0.2) is 5.96 Å². The molecule has 4 fully saturated rings. The number of carbonyl (C=O) groups is 1. The molecule has 178 valence electrons. The number of guanidine groups is 1. The monoisotopic (exact) mass is 547 g/mol. The molecule has 4 aliphatic rings. The first kappa shape index (κ1) is 25.0. The lowest BCUT2D eigenvalue weighted by Crippen LogP contribution is -2.61. The molecule has 0 aromatic rings. The average molecular weight is 548 g/mol.